The predicted molar refractivity (Wildman–Crippen MR) is 122 cm³/mol. The zero-order valence-electron chi connectivity index (χ0n) is 17.2. The fraction of sp³-hybridized carbons (Fsp3) is 0.200. The highest BCUT2D eigenvalue weighted by Crippen LogP contribution is 2.31. The van der Waals surface area contributed by atoms with E-state index < -0.39 is 20.2 Å². The smallest absolute Gasteiger partial charge is 0.294 e. The lowest BCUT2D eigenvalue weighted by Crippen LogP contribution is -2.11. The third-order valence-electron chi connectivity index (χ3n) is 5.37. The molecular weight excluding hydrogens is 456 g/mol. The number of rotatable bonds is 7. The zero-order chi connectivity index (χ0) is 23.3. The highest BCUT2D eigenvalue weighted by atomic mass is 32.2. The number of fused-ring (bicyclic) bond motifs is 2. The molecule has 0 atom stereocenters. The van der Waals surface area contributed by atoms with Crippen LogP contribution in [0.25, 0.3) is 21.8 Å². The van der Waals surface area contributed by atoms with E-state index in [1.54, 1.807) is 12.1 Å². The lowest BCUT2D eigenvalue weighted by atomic mass is 10.1. The maximum Gasteiger partial charge on any atom is 0.294 e. The first kappa shape index (κ1) is 22.1. The van der Waals surface area contributed by atoms with E-state index in [1.807, 2.05) is 13.8 Å². The second-order valence-electron chi connectivity index (χ2n) is 7.28. The zero-order valence-corrected chi connectivity index (χ0v) is 18.9. The summed E-state index contributed by atoms with van der Waals surface area (Å²) in [6, 6.07) is 8.70. The van der Waals surface area contributed by atoms with Crippen LogP contribution in [0, 0.1) is 0 Å². The molecule has 10 nitrogen and oxygen atoms in total. The average Bonchev–Trinajstić information content (AvgIpc) is 3.26. The summed E-state index contributed by atoms with van der Waals surface area (Å²) in [4.78, 5) is 5.84. The molecule has 0 fully saturated rings. The Balaban J connectivity index is 1.71. The number of nitrogens with one attached hydrogen (secondary N) is 4. The second kappa shape index (κ2) is 7.81. The summed E-state index contributed by atoms with van der Waals surface area (Å²) in [6.07, 6.45) is 1.31. The van der Waals surface area contributed by atoms with Crippen molar-refractivity contribution in [2.24, 2.45) is 0 Å². The van der Waals surface area contributed by atoms with Crippen molar-refractivity contribution in [1.29, 1.82) is 0 Å². The molecule has 6 N–H and O–H groups in total. The lowest BCUT2D eigenvalue weighted by molar-refractivity contribution is 0.481. The highest BCUT2D eigenvalue weighted by molar-refractivity contribution is 7.86. The van der Waals surface area contributed by atoms with Crippen LogP contribution in [0.1, 0.15) is 25.0 Å². The monoisotopic (exact) mass is 478 g/mol. The van der Waals surface area contributed by atoms with E-state index in [4.69, 9.17) is 0 Å². The second-order valence-corrected chi connectivity index (χ2v) is 10.1. The summed E-state index contributed by atoms with van der Waals surface area (Å²) in [5, 5.41) is 1.63. The van der Waals surface area contributed by atoms with Crippen LogP contribution in [0.5, 0.6) is 0 Å². The van der Waals surface area contributed by atoms with Crippen LogP contribution in [0.4, 0.5) is 11.6 Å². The highest BCUT2D eigenvalue weighted by Gasteiger charge is 2.17. The van der Waals surface area contributed by atoms with Crippen molar-refractivity contribution in [3.05, 3.63) is 47.5 Å². The molecule has 32 heavy (non-hydrogen) atoms. The molecule has 4 rings (SSSR count). The predicted octanol–water partition coefficient (Wildman–Crippen LogP) is 3.71. The maximum absolute atomic E-state index is 11.4. The molecule has 0 bridgehead atoms. The van der Waals surface area contributed by atoms with Crippen LogP contribution in [-0.2, 0) is 33.1 Å². The SMILES string of the molecule is CCc1c(NNc2[nH]c3cc(S(=O)(=O)O)ccc3c2CC)[nH]c2cc(S(=O)(=O)O)ccc12. The van der Waals surface area contributed by atoms with E-state index in [1.165, 1.54) is 24.3 Å². The molecule has 0 saturated heterocycles. The summed E-state index contributed by atoms with van der Waals surface area (Å²) < 4.78 is 64.4. The first-order valence-corrected chi connectivity index (χ1v) is 12.7. The van der Waals surface area contributed by atoms with E-state index in [-0.39, 0.29) is 9.79 Å². The molecule has 0 amide bonds. The Bertz CT molecular complexity index is 1430. The van der Waals surface area contributed by atoms with Gasteiger partial charge in [-0.2, -0.15) is 16.8 Å². The normalized spacial score (nSPS) is 12.5. The standard InChI is InChI=1S/C20H22N4O6S2/c1-3-13-15-7-5-11(31(25,26)27)9-17(15)21-19(13)23-24-20-14(4-2)16-8-6-12(32(28,29)30)10-18(16)22-20/h5-10,21-24H,3-4H2,1-2H3,(H,25,26,27)(H,28,29,30). The van der Waals surface area contributed by atoms with Crippen molar-refractivity contribution in [3.8, 4) is 0 Å². The van der Waals surface area contributed by atoms with Gasteiger partial charge in [0.2, 0.25) is 0 Å². The Morgan fingerprint density at radius 2 is 1.09 bits per heavy atom. The Labute approximate surface area is 184 Å². The van der Waals surface area contributed by atoms with Gasteiger partial charge in [-0.25, -0.2) is 0 Å². The Morgan fingerprint density at radius 3 is 1.41 bits per heavy atom. The number of hydrogen-bond donors (Lipinski definition) is 6. The fourth-order valence-electron chi connectivity index (χ4n) is 3.86. The van der Waals surface area contributed by atoms with Gasteiger partial charge >= 0.3 is 0 Å². The molecule has 0 saturated carbocycles. The van der Waals surface area contributed by atoms with E-state index in [0.717, 1.165) is 21.9 Å². The summed E-state index contributed by atoms with van der Waals surface area (Å²) in [7, 11) is -8.64. The summed E-state index contributed by atoms with van der Waals surface area (Å²) >= 11 is 0. The molecule has 0 aliphatic carbocycles. The number of hydrazine groups is 1. The van der Waals surface area contributed by atoms with Crippen molar-refractivity contribution >= 4 is 53.7 Å². The van der Waals surface area contributed by atoms with Gasteiger partial charge in [0.05, 0.1) is 9.79 Å². The van der Waals surface area contributed by atoms with Crippen molar-refractivity contribution in [2.75, 3.05) is 10.9 Å². The number of H-pyrrole nitrogens is 2. The van der Waals surface area contributed by atoms with Gasteiger partial charge in [0.25, 0.3) is 20.2 Å². The van der Waals surface area contributed by atoms with E-state index in [9.17, 15) is 25.9 Å². The van der Waals surface area contributed by atoms with Crippen LogP contribution < -0.4 is 10.9 Å². The minimum Gasteiger partial charge on any atom is -0.340 e. The number of aryl methyl sites for hydroxylation is 2. The van der Waals surface area contributed by atoms with Gasteiger partial charge in [-0.3, -0.25) is 20.0 Å². The van der Waals surface area contributed by atoms with Gasteiger partial charge in [-0.05, 0) is 37.1 Å². The molecule has 0 aliphatic rings. The number of hydrogen-bond acceptors (Lipinski definition) is 6. The first-order chi connectivity index (χ1) is 15.0. The van der Waals surface area contributed by atoms with Gasteiger partial charge in [0, 0.05) is 32.9 Å². The Kier molecular flexibility index (Phi) is 5.41. The van der Waals surface area contributed by atoms with Crippen LogP contribution in [-0.4, -0.2) is 35.9 Å². The Morgan fingerprint density at radius 1 is 0.719 bits per heavy atom. The minimum absolute atomic E-state index is 0.202. The Hall–Kier alpha value is -3.06. The van der Waals surface area contributed by atoms with Gasteiger partial charge in [0.1, 0.15) is 11.6 Å². The number of aromatic nitrogens is 2. The van der Waals surface area contributed by atoms with Crippen LogP contribution in [0.3, 0.4) is 0 Å². The van der Waals surface area contributed by atoms with Crippen molar-refractivity contribution in [2.45, 2.75) is 36.5 Å². The fourth-order valence-corrected chi connectivity index (χ4v) is 4.88. The molecule has 0 unspecified atom stereocenters. The average molecular weight is 479 g/mol. The molecule has 2 heterocycles. The van der Waals surface area contributed by atoms with Crippen molar-refractivity contribution < 1.29 is 25.9 Å². The number of aromatic amines is 2. The van der Waals surface area contributed by atoms with E-state index in [0.29, 0.717) is 35.5 Å². The molecule has 4 aromatic rings. The van der Waals surface area contributed by atoms with Crippen LogP contribution in [0.15, 0.2) is 46.2 Å². The molecule has 2 aromatic carbocycles. The summed E-state index contributed by atoms with van der Waals surface area (Å²) in [5.41, 5.74) is 9.11. The quantitative estimate of drug-likeness (QED) is 0.173. The topological polar surface area (TPSA) is 164 Å². The van der Waals surface area contributed by atoms with Crippen LogP contribution >= 0.6 is 0 Å². The van der Waals surface area contributed by atoms with Gasteiger partial charge in [-0.1, -0.05) is 26.0 Å². The van der Waals surface area contributed by atoms with Crippen molar-refractivity contribution in [1.82, 2.24) is 9.97 Å². The molecule has 0 radical (unpaired) electrons. The van der Waals surface area contributed by atoms with Gasteiger partial charge in [0.15, 0.2) is 0 Å². The third-order valence-corrected chi connectivity index (χ3v) is 7.07. The molecule has 0 aliphatic heterocycles. The third kappa shape index (κ3) is 3.93. The first-order valence-electron chi connectivity index (χ1n) is 9.79. The van der Waals surface area contributed by atoms with E-state index in [2.05, 4.69) is 20.8 Å². The molecule has 2 aromatic heterocycles. The largest absolute Gasteiger partial charge is 0.340 e. The van der Waals surface area contributed by atoms with Crippen LogP contribution in [0.2, 0.25) is 0 Å². The van der Waals surface area contributed by atoms with Gasteiger partial charge < -0.3 is 9.97 Å². The van der Waals surface area contributed by atoms with Gasteiger partial charge in [-0.15, -0.1) is 0 Å². The molecular formula is C20H22N4O6S2. The molecule has 12 heteroatoms. The molecule has 0 spiro atoms. The van der Waals surface area contributed by atoms with Crippen molar-refractivity contribution in [3.63, 3.8) is 0 Å². The summed E-state index contributed by atoms with van der Waals surface area (Å²) in [5.74, 6) is 1.24. The van der Waals surface area contributed by atoms with E-state index >= 15 is 0 Å². The lowest BCUT2D eigenvalue weighted by Gasteiger charge is -2.10. The molecule has 170 valence electrons. The summed E-state index contributed by atoms with van der Waals surface area (Å²) in [6.45, 7) is 3.92. The maximum atomic E-state index is 11.4. The number of benzene rings is 2. The number of anilines is 2. The minimum atomic E-state index is -4.32.